The van der Waals surface area contributed by atoms with E-state index in [0.717, 1.165) is 46.9 Å². The van der Waals surface area contributed by atoms with Crippen LogP contribution in [0.25, 0.3) is 22.3 Å². The Kier molecular flexibility index (Phi) is 3.87. The number of rotatable bonds is 2. The first-order valence-electron chi connectivity index (χ1n) is 7.84. The highest BCUT2D eigenvalue weighted by Crippen LogP contribution is 2.23. The third-order valence-corrected chi connectivity index (χ3v) is 5.08. The van der Waals surface area contributed by atoms with Crippen LogP contribution in [0.4, 0.5) is 5.82 Å². The van der Waals surface area contributed by atoms with Crippen molar-refractivity contribution >= 4 is 28.5 Å². The zero-order valence-corrected chi connectivity index (χ0v) is 13.9. The molecule has 116 valence electrons. The van der Waals surface area contributed by atoms with Gasteiger partial charge in [-0.25, -0.2) is 15.0 Å². The maximum atomic E-state index is 4.68. The van der Waals surface area contributed by atoms with Crippen LogP contribution in [0.3, 0.4) is 0 Å². The zero-order chi connectivity index (χ0) is 15.6. The molecule has 3 aromatic rings. The summed E-state index contributed by atoms with van der Waals surface area (Å²) in [6.45, 7) is 4.17. The molecule has 0 aliphatic carbocycles. The molecule has 0 atom stereocenters. The molecule has 0 radical (unpaired) electrons. The molecule has 5 heteroatoms. The molecular formula is C18H18N4S. The van der Waals surface area contributed by atoms with Crippen molar-refractivity contribution in [3.8, 4) is 11.4 Å². The Labute approximate surface area is 140 Å². The lowest BCUT2D eigenvalue weighted by Crippen LogP contribution is -2.32. The fourth-order valence-electron chi connectivity index (χ4n) is 2.86. The number of aromatic nitrogens is 3. The van der Waals surface area contributed by atoms with Gasteiger partial charge >= 0.3 is 0 Å². The number of thioether (sulfide) groups is 1. The fraction of sp³-hybridized carbons (Fsp3) is 0.278. The van der Waals surface area contributed by atoms with Gasteiger partial charge in [0.15, 0.2) is 5.82 Å². The number of aryl methyl sites for hydroxylation is 1. The molecule has 0 bridgehead atoms. The predicted molar refractivity (Wildman–Crippen MR) is 97.0 cm³/mol. The number of pyridine rings is 1. The van der Waals surface area contributed by atoms with E-state index in [0.29, 0.717) is 0 Å². The minimum Gasteiger partial charge on any atom is -0.355 e. The van der Waals surface area contributed by atoms with Crippen LogP contribution in [0.15, 0.2) is 42.6 Å². The standard InChI is InChI=1S/C18H18N4S/c1-13-15-4-2-3-5-16(15)21-18(20-13)14-6-7-17(19-12-14)22-8-10-23-11-9-22/h2-7,12H,8-11H2,1H3. The molecule has 23 heavy (non-hydrogen) atoms. The summed E-state index contributed by atoms with van der Waals surface area (Å²) < 4.78 is 0. The Balaban J connectivity index is 1.67. The van der Waals surface area contributed by atoms with E-state index >= 15 is 0 Å². The molecule has 0 saturated carbocycles. The monoisotopic (exact) mass is 322 g/mol. The third kappa shape index (κ3) is 2.88. The molecule has 1 aliphatic heterocycles. The van der Waals surface area contributed by atoms with Gasteiger partial charge in [-0.1, -0.05) is 18.2 Å². The second-order valence-electron chi connectivity index (χ2n) is 5.65. The van der Waals surface area contributed by atoms with E-state index in [1.807, 2.05) is 43.1 Å². The Bertz CT molecular complexity index is 826. The van der Waals surface area contributed by atoms with Gasteiger partial charge in [0.2, 0.25) is 0 Å². The van der Waals surface area contributed by atoms with Gasteiger partial charge in [0, 0.05) is 47.4 Å². The summed E-state index contributed by atoms with van der Waals surface area (Å²) >= 11 is 2.01. The van der Waals surface area contributed by atoms with E-state index in [2.05, 4.69) is 38.1 Å². The number of fused-ring (bicyclic) bond motifs is 1. The van der Waals surface area contributed by atoms with Crippen molar-refractivity contribution in [2.75, 3.05) is 29.5 Å². The minimum atomic E-state index is 0.745. The van der Waals surface area contributed by atoms with E-state index < -0.39 is 0 Å². The quantitative estimate of drug-likeness (QED) is 0.722. The lowest BCUT2D eigenvalue weighted by atomic mass is 10.2. The van der Waals surface area contributed by atoms with Crippen LogP contribution in [0.2, 0.25) is 0 Å². The van der Waals surface area contributed by atoms with Crippen molar-refractivity contribution in [2.45, 2.75) is 6.92 Å². The maximum absolute atomic E-state index is 4.68. The Morgan fingerprint density at radius 2 is 1.83 bits per heavy atom. The van der Waals surface area contributed by atoms with E-state index in [4.69, 9.17) is 0 Å². The van der Waals surface area contributed by atoms with Crippen LogP contribution >= 0.6 is 11.8 Å². The van der Waals surface area contributed by atoms with Crippen molar-refractivity contribution in [2.24, 2.45) is 0 Å². The van der Waals surface area contributed by atoms with Crippen LogP contribution in [0.1, 0.15) is 5.69 Å². The Morgan fingerprint density at radius 3 is 2.61 bits per heavy atom. The summed E-state index contributed by atoms with van der Waals surface area (Å²) in [6.07, 6.45) is 1.89. The maximum Gasteiger partial charge on any atom is 0.161 e. The molecule has 4 nitrogen and oxygen atoms in total. The fourth-order valence-corrected chi connectivity index (χ4v) is 3.77. The van der Waals surface area contributed by atoms with Gasteiger partial charge in [0.25, 0.3) is 0 Å². The van der Waals surface area contributed by atoms with E-state index in [1.54, 1.807) is 0 Å². The molecule has 0 N–H and O–H groups in total. The molecule has 1 aliphatic rings. The Morgan fingerprint density at radius 1 is 1.00 bits per heavy atom. The minimum absolute atomic E-state index is 0.745. The van der Waals surface area contributed by atoms with Crippen LogP contribution in [0, 0.1) is 6.92 Å². The van der Waals surface area contributed by atoms with Gasteiger partial charge in [-0.15, -0.1) is 0 Å². The van der Waals surface area contributed by atoms with Crippen molar-refractivity contribution in [1.82, 2.24) is 15.0 Å². The topological polar surface area (TPSA) is 41.9 Å². The van der Waals surface area contributed by atoms with Gasteiger partial charge < -0.3 is 4.90 Å². The number of hydrogen-bond acceptors (Lipinski definition) is 5. The molecule has 0 spiro atoms. The molecule has 1 aromatic carbocycles. The average Bonchev–Trinajstić information content (AvgIpc) is 2.63. The first-order valence-corrected chi connectivity index (χ1v) is 8.99. The molecule has 0 amide bonds. The molecule has 0 unspecified atom stereocenters. The van der Waals surface area contributed by atoms with Crippen LogP contribution in [0.5, 0.6) is 0 Å². The highest BCUT2D eigenvalue weighted by molar-refractivity contribution is 7.99. The summed E-state index contributed by atoms with van der Waals surface area (Å²) in [5.41, 5.74) is 2.95. The van der Waals surface area contributed by atoms with Crippen LogP contribution in [-0.4, -0.2) is 39.5 Å². The molecule has 1 fully saturated rings. The lowest BCUT2D eigenvalue weighted by molar-refractivity contribution is 0.839. The van der Waals surface area contributed by atoms with Gasteiger partial charge in [-0.2, -0.15) is 11.8 Å². The summed E-state index contributed by atoms with van der Waals surface area (Å²) in [6, 6.07) is 12.3. The highest BCUT2D eigenvalue weighted by Gasteiger charge is 2.13. The van der Waals surface area contributed by atoms with Gasteiger partial charge in [-0.3, -0.25) is 0 Å². The van der Waals surface area contributed by atoms with Gasteiger partial charge in [0.05, 0.1) is 5.52 Å². The molecule has 1 saturated heterocycles. The lowest BCUT2D eigenvalue weighted by Gasteiger charge is -2.27. The largest absolute Gasteiger partial charge is 0.355 e. The van der Waals surface area contributed by atoms with Crippen molar-refractivity contribution < 1.29 is 0 Å². The summed E-state index contributed by atoms with van der Waals surface area (Å²) in [5.74, 6) is 4.15. The summed E-state index contributed by atoms with van der Waals surface area (Å²) in [5, 5.41) is 1.10. The van der Waals surface area contributed by atoms with Gasteiger partial charge in [-0.05, 0) is 25.1 Å². The van der Waals surface area contributed by atoms with E-state index in [9.17, 15) is 0 Å². The number of hydrogen-bond donors (Lipinski definition) is 0. The smallest absolute Gasteiger partial charge is 0.161 e. The van der Waals surface area contributed by atoms with E-state index in [-0.39, 0.29) is 0 Å². The SMILES string of the molecule is Cc1nc(-c2ccc(N3CCSCC3)nc2)nc2ccccc12. The van der Waals surface area contributed by atoms with Crippen molar-refractivity contribution in [1.29, 1.82) is 0 Å². The number of para-hydroxylation sites is 1. The predicted octanol–water partition coefficient (Wildman–Crippen LogP) is 3.55. The zero-order valence-electron chi connectivity index (χ0n) is 13.1. The molecule has 4 rings (SSSR count). The van der Waals surface area contributed by atoms with Crippen LogP contribution in [-0.2, 0) is 0 Å². The number of anilines is 1. The summed E-state index contributed by atoms with van der Waals surface area (Å²) in [7, 11) is 0. The third-order valence-electron chi connectivity index (χ3n) is 4.13. The first kappa shape index (κ1) is 14.5. The number of nitrogens with zero attached hydrogens (tertiary/aromatic N) is 4. The average molecular weight is 322 g/mol. The summed E-state index contributed by atoms with van der Waals surface area (Å²) in [4.78, 5) is 16.3. The molecule has 2 aromatic heterocycles. The second-order valence-corrected chi connectivity index (χ2v) is 6.88. The Hall–Kier alpha value is -2.14. The first-order chi connectivity index (χ1) is 11.3. The number of benzene rings is 1. The second kappa shape index (κ2) is 6.16. The van der Waals surface area contributed by atoms with Gasteiger partial charge in [0.1, 0.15) is 5.82 Å². The normalized spacial score (nSPS) is 15.1. The molecular weight excluding hydrogens is 304 g/mol. The van der Waals surface area contributed by atoms with Crippen molar-refractivity contribution in [3.05, 3.63) is 48.3 Å². The van der Waals surface area contributed by atoms with E-state index in [1.165, 1.54) is 11.5 Å². The van der Waals surface area contributed by atoms with Crippen molar-refractivity contribution in [3.63, 3.8) is 0 Å². The van der Waals surface area contributed by atoms with Crippen LogP contribution < -0.4 is 4.90 Å². The molecule has 3 heterocycles. The highest BCUT2D eigenvalue weighted by atomic mass is 32.2.